The molecule has 5 rings (SSSR count). The van der Waals surface area contributed by atoms with Crippen LogP contribution in [0.1, 0.15) is 49.7 Å². The van der Waals surface area contributed by atoms with Crippen LogP contribution in [0.3, 0.4) is 0 Å². The third-order valence-corrected chi connectivity index (χ3v) is 7.55. The van der Waals surface area contributed by atoms with Gasteiger partial charge in [-0.25, -0.2) is 4.79 Å². The van der Waals surface area contributed by atoms with E-state index in [0.29, 0.717) is 12.5 Å². The Morgan fingerprint density at radius 3 is 2.50 bits per heavy atom. The maximum Gasteiger partial charge on any atom is 0.321 e. The second kappa shape index (κ2) is 10.1. The Balaban J connectivity index is 1.18. The Hall–Kier alpha value is -2.99. The predicted octanol–water partition coefficient (Wildman–Crippen LogP) is 5.37. The van der Waals surface area contributed by atoms with Crippen LogP contribution in [0.25, 0.3) is 5.57 Å². The average Bonchev–Trinajstić information content (AvgIpc) is 3.39. The molecule has 0 aliphatic carbocycles. The summed E-state index contributed by atoms with van der Waals surface area (Å²) in [5.74, 6) is 2.22. The molecule has 2 fully saturated rings. The molecule has 0 atom stereocenters. The van der Waals surface area contributed by atoms with Crippen LogP contribution in [0.15, 0.2) is 48.0 Å². The zero-order valence-corrected chi connectivity index (χ0v) is 20.3. The van der Waals surface area contributed by atoms with Crippen LogP contribution in [-0.4, -0.2) is 62.3 Å². The van der Waals surface area contributed by atoms with Crippen LogP contribution in [0.2, 0.25) is 0 Å². The fourth-order valence-electron chi connectivity index (χ4n) is 5.36. The number of fused-ring (bicyclic) bond motifs is 1. The number of allylic oxidation sites excluding steroid dienone is 1. The van der Waals surface area contributed by atoms with E-state index in [1.54, 1.807) is 7.11 Å². The number of ether oxygens (including phenoxy) is 2. The van der Waals surface area contributed by atoms with Gasteiger partial charge in [-0.05, 0) is 92.6 Å². The van der Waals surface area contributed by atoms with Crippen molar-refractivity contribution in [2.24, 2.45) is 0 Å². The molecule has 2 aromatic rings. The summed E-state index contributed by atoms with van der Waals surface area (Å²) >= 11 is 0. The maximum atomic E-state index is 12.9. The van der Waals surface area contributed by atoms with Gasteiger partial charge in [0.05, 0.1) is 7.11 Å². The molecule has 0 spiro atoms. The Bertz CT molecular complexity index is 1050. The lowest BCUT2D eigenvalue weighted by Crippen LogP contribution is -2.40. The van der Waals surface area contributed by atoms with Gasteiger partial charge in [-0.15, -0.1) is 0 Å². The lowest BCUT2D eigenvalue weighted by atomic mass is 9.89. The second-order valence-electron chi connectivity index (χ2n) is 9.68. The zero-order valence-electron chi connectivity index (χ0n) is 20.3. The Labute approximate surface area is 202 Å². The quantitative estimate of drug-likeness (QED) is 0.651. The number of hydrogen-bond acceptors (Lipinski definition) is 4. The Kier molecular flexibility index (Phi) is 6.77. The van der Waals surface area contributed by atoms with Gasteiger partial charge in [0.15, 0.2) is 0 Å². The van der Waals surface area contributed by atoms with Crippen LogP contribution >= 0.6 is 0 Å². The molecule has 34 heavy (non-hydrogen) atoms. The van der Waals surface area contributed by atoms with E-state index in [2.05, 4.69) is 35.3 Å². The van der Waals surface area contributed by atoms with Crippen molar-refractivity contribution in [2.75, 3.05) is 51.8 Å². The van der Waals surface area contributed by atoms with Gasteiger partial charge in [0, 0.05) is 37.0 Å². The maximum absolute atomic E-state index is 12.9. The monoisotopic (exact) mass is 461 g/mol. The van der Waals surface area contributed by atoms with E-state index < -0.39 is 0 Å². The van der Waals surface area contributed by atoms with Gasteiger partial charge < -0.3 is 19.7 Å². The fourth-order valence-corrected chi connectivity index (χ4v) is 5.36. The largest absolute Gasteiger partial charge is 0.497 e. The number of carbonyl (C=O) groups excluding carboxylic acids is 1. The van der Waals surface area contributed by atoms with E-state index in [-0.39, 0.29) is 6.03 Å². The van der Waals surface area contributed by atoms with E-state index in [1.807, 2.05) is 29.2 Å². The van der Waals surface area contributed by atoms with Gasteiger partial charge in [-0.3, -0.25) is 4.90 Å². The highest BCUT2D eigenvalue weighted by Crippen LogP contribution is 2.36. The van der Waals surface area contributed by atoms with Crippen molar-refractivity contribution in [3.05, 3.63) is 59.2 Å². The minimum atomic E-state index is -0.0362. The zero-order chi connectivity index (χ0) is 23.5. The molecule has 3 aliphatic heterocycles. The molecule has 0 radical (unpaired) electrons. The van der Waals surface area contributed by atoms with Crippen molar-refractivity contribution < 1.29 is 14.3 Å². The molecule has 0 aromatic heterocycles. The minimum absolute atomic E-state index is 0.0362. The summed E-state index contributed by atoms with van der Waals surface area (Å²) in [6.45, 7) is 7.70. The van der Waals surface area contributed by atoms with Gasteiger partial charge in [-0.2, -0.15) is 0 Å². The molecule has 2 aromatic carbocycles. The predicted molar refractivity (Wildman–Crippen MR) is 136 cm³/mol. The van der Waals surface area contributed by atoms with Crippen LogP contribution in [-0.2, 0) is 0 Å². The van der Waals surface area contributed by atoms with Gasteiger partial charge >= 0.3 is 6.03 Å². The van der Waals surface area contributed by atoms with E-state index >= 15 is 0 Å². The number of amides is 2. The van der Waals surface area contributed by atoms with E-state index in [9.17, 15) is 4.79 Å². The number of nitrogens with zero attached hydrogens (tertiary/aromatic N) is 2. The van der Waals surface area contributed by atoms with Crippen molar-refractivity contribution in [1.82, 2.24) is 9.80 Å². The average molecular weight is 462 g/mol. The summed E-state index contributed by atoms with van der Waals surface area (Å²) in [4.78, 5) is 17.3. The minimum Gasteiger partial charge on any atom is -0.497 e. The molecule has 3 aliphatic rings. The molecule has 2 saturated heterocycles. The SMILES string of the molecule is COc1ccc(C2CCN(C(=O)Nc3ccc4c(c3)OCC(CN3CCCC3)=C4C)CC2)cc1. The number of rotatable bonds is 5. The van der Waals surface area contributed by atoms with Crippen LogP contribution < -0.4 is 14.8 Å². The first-order chi connectivity index (χ1) is 16.6. The Morgan fingerprint density at radius 1 is 1.06 bits per heavy atom. The van der Waals surface area contributed by atoms with Crippen molar-refractivity contribution in [3.63, 3.8) is 0 Å². The fraction of sp³-hybridized carbons (Fsp3) is 0.464. The van der Waals surface area contributed by atoms with Gasteiger partial charge in [0.25, 0.3) is 0 Å². The second-order valence-corrected chi connectivity index (χ2v) is 9.68. The molecule has 2 amide bonds. The molecular weight excluding hydrogens is 426 g/mol. The van der Waals surface area contributed by atoms with E-state index in [1.165, 1.54) is 42.6 Å². The standard InChI is InChI=1S/C28H35N3O3/c1-20-23(18-30-13-3-4-14-30)19-34-27-17-24(7-10-26(20)27)29-28(32)31-15-11-22(12-16-31)21-5-8-25(33-2)9-6-21/h5-10,17,22H,3-4,11-16,18-19H2,1-2H3,(H,29,32). The lowest BCUT2D eigenvalue weighted by molar-refractivity contribution is 0.194. The summed E-state index contributed by atoms with van der Waals surface area (Å²) in [6, 6.07) is 14.3. The van der Waals surface area contributed by atoms with Gasteiger partial charge in [0.1, 0.15) is 18.1 Å². The van der Waals surface area contributed by atoms with Gasteiger partial charge in [-0.1, -0.05) is 12.1 Å². The number of nitrogens with one attached hydrogen (secondary N) is 1. The first-order valence-electron chi connectivity index (χ1n) is 12.5. The van der Waals surface area contributed by atoms with Crippen LogP contribution in [0, 0.1) is 0 Å². The number of carbonyl (C=O) groups is 1. The van der Waals surface area contributed by atoms with Crippen molar-refractivity contribution >= 4 is 17.3 Å². The third-order valence-electron chi connectivity index (χ3n) is 7.55. The lowest BCUT2D eigenvalue weighted by Gasteiger charge is -2.32. The van der Waals surface area contributed by atoms with Crippen molar-refractivity contribution in [2.45, 2.75) is 38.5 Å². The first kappa shape index (κ1) is 22.8. The number of benzene rings is 2. The summed E-state index contributed by atoms with van der Waals surface area (Å²) in [5, 5.41) is 3.08. The summed E-state index contributed by atoms with van der Waals surface area (Å²) in [5.41, 5.74) is 5.92. The molecule has 0 unspecified atom stereocenters. The molecule has 0 bridgehead atoms. The van der Waals surface area contributed by atoms with E-state index in [0.717, 1.165) is 55.2 Å². The number of urea groups is 1. The highest BCUT2D eigenvalue weighted by molar-refractivity contribution is 5.90. The topological polar surface area (TPSA) is 54.0 Å². The molecule has 3 heterocycles. The molecule has 0 saturated carbocycles. The summed E-state index contributed by atoms with van der Waals surface area (Å²) < 4.78 is 11.4. The summed E-state index contributed by atoms with van der Waals surface area (Å²) in [6.07, 6.45) is 4.53. The van der Waals surface area contributed by atoms with Crippen LogP contribution in [0.4, 0.5) is 10.5 Å². The smallest absolute Gasteiger partial charge is 0.321 e. The highest BCUT2D eigenvalue weighted by Gasteiger charge is 2.25. The number of methoxy groups -OCH3 is 1. The summed E-state index contributed by atoms with van der Waals surface area (Å²) in [7, 11) is 1.69. The van der Waals surface area contributed by atoms with Crippen molar-refractivity contribution in [1.29, 1.82) is 0 Å². The number of hydrogen-bond donors (Lipinski definition) is 1. The normalized spacial score (nSPS) is 19.1. The molecular formula is C28H35N3O3. The first-order valence-corrected chi connectivity index (χ1v) is 12.5. The third kappa shape index (κ3) is 4.92. The molecule has 180 valence electrons. The number of likely N-dealkylation sites (tertiary alicyclic amines) is 2. The molecule has 6 nitrogen and oxygen atoms in total. The molecule has 6 heteroatoms. The number of anilines is 1. The van der Waals surface area contributed by atoms with Crippen molar-refractivity contribution in [3.8, 4) is 11.5 Å². The van der Waals surface area contributed by atoms with E-state index in [4.69, 9.17) is 9.47 Å². The number of piperidine rings is 1. The molecule has 1 N–H and O–H groups in total. The van der Waals surface area contributed by atoms with Crippen LogP contribution in [0.5, 0.6) is 11.5 Å². The Morgan fingerprint density at radius 2 is 1.79 bits per heavy atom. The van der Waals surface area contributed by atoms with Gasteiger partial charge in [0.2, 0.25) is 0 Å². The highest BCUT2D eigenvalue weighted by atomic mass is 16.5.